The number of nitrogens with one attached hydrogen (secondary N) is 2. The molecule has 3 N–H and O–H groups in total. The summed E-state index contributed by atoms with van der Waals surface area (Å²) in [5.74, 6) is -0.577. The number of carboxylic acid groups (broad SMARTS) is 1. The van der Waals surface area contributed by atoms with E-state index in [1.54, 1.807) is 22.9 Å². The third-order valence-electron chi connectivity index (χ3n) is 6.30. The number of carbonyl (C=O) groups is 3. The summed E-state index contributed by atoms with van der Waals surface area (Å²) in [5.41, 5.74) is 0.366. The van der Waals surface area contributed by atoms with Gasteiger partial charge in [0.15, 0.2) is 5.69 Å². The van der Waals surface area contributed by atoms with Crippen LogP contribution in [0.5, 0.6) is 11.5 Å². The second kappa shape index (κ2) is 12.4. The quantitative estimate of drug-likeness (QED) is 0.420. The van der Waals surface area contributed by atoms with Crippen molar-refractivity contribution in [2.45, 2.75) is 70.9 Å². The topological polar surface area (TPSA) is 132 Å². The van der Waals surface area contributed by atoms with E-state index in [0.717, 1.165) is 32.1 Å². The van der Waals surface area contributed by atoms with Gasteiger partial charge >= 0.3 is 5.97 Å². The summed E-state index contributed by atoms with van der Waals surface area (Å²) < 4.78 is 12.4. The molecule has 0 bridgehead atoms. The van der Waals surface area contributed by atoms with Crippen molar-refractivity contribution in [3.63, 3.8) is 0 Å². The third-order valence-corrected chi connectivity index (χ3v) is 6.30. The van der Waals surface area contributed by atoms with Crippen LogP contribution >= 0.6 is 0 Å². The lowest BCUT2D eigenvalue weighted by Crippen LogP contribution is -2.37. The monoisotopic (exact) mass is 500 g/mol. The van der Waals surface area contributed by atoms with E-state index in [1.165, 1.54) is 20.3 Å². The highest BCUT2D eigenvalue weighted by Crippen LogP contribution is 2.33. The fraction of sp³-hybridized carbons (Fsp3) is 0.538. The van der Waals surface area contributed by atoms with Crippen molar-refractivity contribution < 1.29 is 29.0 Å². The molecule has 0 saturated heterocycles. The SMILES string of the molecule is COc1cccc(OC)c1C(=O)Nc1cc(C(=O)N[C@H](CC(=O)O)CC(C)C)nn1C1CCCCC1. The lowest BCUT2D eigenvalue weighted by Gasteiger charge is -2.24. The Hall–Kier alpha value is -3.56. The van der Waals surface area contributed by atoms with Crippen LogP contribution in [-0.4, -0.2) is 52.9 Å². The van der Waals surface area contributed by atoms with Crippen LogP contribution in [0.4, 0.5) is 5.82 Å². The molecule has 0 spiro atoms. The highest BCUT2D eigenvalue weighted by atomic mass is 16.5. The number of anilines is 1. The van der Waals surface area contributed by atoms with E-state index in [9.17, 15) is 19.5 Å². The van der Waals surface area contributed by atoms with Gasteiger partial charge in [0.2, 0.25) is 0 Å². The van der Waals surface area contributed by atoms with Crippen LogP contribution in [0.25, 0.3) is 0 Å². The summed E-state index contributed by atoms with van der Waals surface area (Å²) in [6.45, 7) is 3.94. The zero-order valence-corrected chi connectivity index (χ0v) is 21.4. The molecule has 0 radical (unpaired) electrons. The molecule has 2 amide bonds. The van der Waals surface area contributed by atoms with Crippen LogP contribution < -0.4 is 20.1 Å². The molecular weight excluding hydrogens is 464 g/mol. The average Bonchev–Trinajstić information content (AvgIpc) is 3.26. The van der Waals surface area contributed by atoms with Gasteiger partial charge in [-0.2, -0.15) is 5.10 Å². The molecule has 0 aliphatic heterocycles. The molecule has 1 saturated carbocycles. The largest absolute Gasteiger partial charge is 0.496 e. The fourth-order valence-corrected chi connectivity index (χ4v) is 4.69. The number of amides is 2. The average molecular weight is 501 g/mol. The maximum atomic E-state index is 13.3. The Morgan fingerprint density at radius 2 is 1.72 bits per heavy atom. The van der Waals surface area contributed by atoms with E-state index in [0.29, 0.717) is 23.7 Å². The van der Waals surface area contributed by atoms with E-state index in [1.807, 2.05) is 13.8 Å². The van der Waals surface area contributed by atoms with Crippen molar-refractivity contribution in [1.82, 2.24) is 15.1 Å². The molecule has 1 fully saturated rings. The van der Waals surface area contributed by atoms with Crippen molar-refractivity contribution in [3.8, 4) is 11.5 Å². The van der Waals surface area contributed by atoms with Crippen LogP contribution in [0.1, 0.15) is 85.7 Å². The second-order valence-electron chi connectivity index (χ2n) is 9.54. The van der Waals surface area contributed by atoms with E-state index in [2.05, 4.69) is 15.7 Å². The smallest absolute Gasteiger partial charge is 0.305 e. The lowest BCUT2D eigenvalue weighted by molar-refractivity contribution is -0.137. The molecule has 1 atom stereocenters. The number of hydrogen-bond donors (Lipinski definition) is 3. The molecular formula is C26H36N4O6. The van der Waals surface area contributed by atoms with Gasteiger partial charge in [0, 0.05) is 12.1 Å². The molecule has 1 heterocycles. The maximum absolute atomic E-state index is 13.3. The number of carboxylic acids is 1. The summed E-state index contributed by atoms with van der Waals surface area (Å²) in [6.07, 6.45) is 5.33. The standard InChI is InChI=1S/C26H36N4O6/c1-16(2)13-17(14-23(31)32)27-25(33)19-15-22(30(29-19)18-9-6-5-7-10-18)28-26(34)24-20(35-3)11-8-12-21(24)36-4/h8,11-12,15-18H,5-7,9-10,13-14H2,1-4H3,(H,27,33)(H,28,34)(H,31,32)/t17-/m0/s1. The summed E-state index contributed by atoms with van der Waals surface area (Å²) in [5, 5.41) is 19.5. The number of nitrogens with zero attached hydrogens (tertiary/aromatic N) is 2. The van der Waals surface area contributed by atoms with Gasteiger partial charge < -0.3 is 25.2 Å². The van der Waals surface area contributed by atoms with E-state index in [4.69, 9.17) is 9.47 Å². The van der Waals surface area contributed by atoms with Crippen molar-refractivity contribution in [1.29, 1.82) is 0 Å². The molecule has 1 aliphatic carbocycles. The molecule has 10 nitrogen and oxygen atoms in total. The minimum Gasteiger partial charge on any atom is -0.496 e. The molecule has 2 aromatic rings. The summed E-state index contributed by atoms with van der Waals surface area (Å²) in [4.78, 5) is 37.7. The molecule has 36 heavy (non-hydrogen) atoms. The van der Waals surface area contributed by atoms with E-state index in [-0.39, 0.29) is 29.6 Å². The zero-order chi connectivity index (χ0) is 26.2. The number of carbonyl (C=O) groups excluding carboxylic acids is 2. The van der Waals surface area contributed by atoms with Gasteiger partial charge in [-0.3, -0.25) is 14.4 Å². The number of aromatic nitrogens is 2. The molecule has 1 aliphatic rings. The minimum absolute atomic E-state index is 0.0423. The van der Waals surface area contributed by atoms with Crippen molar-refractivity contribution in [2.24, 2.45) is 5.92 Å². The number of rotatable bonds is 11. The molecule has 196 valence electrons. The van der Waals surface area contributed by atoms with Crippen LogP contribution in [0.3, 0.4) is 0 Å². The summed E-state index contributed by atoms with van der Waals surface area (Å²) in [6, 6.07) is 6.13. The first-order valence-electron chi connectivity index (χ1n) is 12.4. The highest BCUT2D eigenvalue weighted by molar-refractivity contribution is 6.08. The molecule has 0 unspecified atom stereocenters. The van der Waals surface area contributed by atoms with Gasteiger partial charge in [0.1, 0.15) is 22.9 Å². The number of methoxy groups -OCH3 is 2. The van der Waals surface area contributed by atoms with Crippen LogP contribution in [0.2, 0.25) is 0 Å². The molecule has 3 rings (SSSR count). The van der Waals surface area contributed by atoms with Gasteiger partial charge in [0.05, 0.1) is 26.7 Å². The zero-order valence-electron chi connectivity index (χ0n) is 21.4. The number of aliphatic carboxylic acids is 1. The predicted molar refractivity (Wildman–Crippen MR) is 135 cm³/mol. The summed E-state index contributed by atoms with van der Waals surface area (Å²) >= 11 is 0. The van der Waals surface area contributed by atoms with Crippen LogP contribution in [0, 0.1) is 5.92 Å². The number of hydrogen-bond acceptors (Lipinski definition) is 6. The normalized spacial score (nSPS) is 14.8. The lowest BCUT2D eigenvalue weighted by atomic mass is 9.96. The van der Waals surface area contributed by atoms with Crippen LogP contribution in [0.15, 0.2) is 24.3 Å². The first-order chi connectivity index (χ1) is 17.2. The Bertz CT molecular complexity index is 1050. The Balaban J connectivity index is 1.91. The molecule has 10 heteroatoms. The van der Waals surface area contributed by atoms with E-state index >= 15 is 0 Å². The first-order valence-corrected chi connectivity index (χ1v) is 12.4. The number of ether oxygens (including phenoxy) is 2. The number of benzene rings is 1. The van der Waals surface area contributed by atoms with Crippen molar-refractivity contribution in [2.75, 3.05) is 19.5 Å². The molecule has 1 aromatic heterocycles. The predicted octanol–water partition coefficient (Wildman–Crippen LogP) is 4.28. The Kier molecular flexibility index (Phi) is 9.32. The van der Waals surface area contributed by atoms with Gasteiger partial charge in [-0.15, -0.1) is 0 Å². The second-order valence-corrected chi connectivity index (χ2v) is 9.54. The Labute approximate surface area is 211 Å². The van der Waals surface area contributed by atoms with E-state index < -0.39 is 23.8 Å². The minimum atomic E-state index is -0.979. The maximum Gasteiger partial charge on any atom is 0.305 e. The van der Waals surface area contributed by atoms with Crippen molar-refractivity contribution >= 4 is 23.6 Å². The first kappa shape index (κ1) is 27.0. The Morgan fingerprint density at radius 3 is 2.28 bits per heavy atom. The van der Waals surface area contributed by atoms with Gasteiger partial charge in [0.25, 0.3) is 11.8 Å². The Morgan fingerprint density at radius 1 is 1.08 bits per heavy atom. The van der Waals surface area contributed by atoms with Gasteiger partial charge in [-0.25, -0.2) is 4.68 Å². The van der Waals surface area contributed by atoms with Crippen molar-refractivity contribution in [3.05, 3.63) is 35.5 Å². The highest BCUT2D eigenvalue weighted by Gasteiger charge is 2.27. The van der Waals surface area contributed by atoms with Gasteiger partial charge in [-0.1, -0.05) is 39.2 Å². The third kappa shape index (κ3) is 6.77. The summed E-state index contributed by atoms with van der Waals surface area (Å²) in [7, 11) is 2.95. The molecule has 1 aromatic carbocycles. The fourth-order valence-electron chi connectivity index (χ4n) is 4.69. The van der Waals surface area contributed by atoms with Crippen LogP contribution in [-0.2, 0) is 4.79 Å². The van der Waals surface area contributed by atoms with Gasteiger partial charge in [-0.05, 0) is 37.3 Å².